The van der Waals surface area contributed by atoms with Crippen molar-refractivity contribution in [2.24, 2.45) is 0 Å². The van der Waals surface area contributed by atoms with E-state index in [9.17, 15) is 9.90 Å². The average molecular weight is 263 g/mol. The molecular formula is C12H13N3O4. The third-order valence-corrected chi connectivity index (χ3v) is 2.52. The summed E-state index contributed by atoms with van der Waals surface area (Å²) in [4.78, 5) is 11.7. The van der Waals surface area contributed by atoms with Crippen molar-refractivity contribution in [2.45, 2.75) is 13.5 Å². The molecule has 19 heavy (non-hydrogen) atoms. The van der Waals surface area contributed by atoms with Gasteiger partial charge >= 0.3 is 5.97 Å². The highest BCUT2D eigenvalue weighted by Crippen LogP contribution is 2.30. The van der Waals surface area contributed by atoms with Gasteiger partial charge in [-0.2, -0.15) is 10.3 Å². The number of aliphatic hydroxyl groups is 1. The van der Waals surface area contributed by atoms with Crippen LogP contribution >= 0.6 is 0 Å². The van der Waals surface area contributed by atoms with Crippen molar-refractivity contribution in [3.05, 3.63) is 29.5 Å². The van der Waals surface area contributed by atoms with Crippen molar-refractivity contribution in [2.75, 3.05) is 6.61 Å². The van der Waals surface area contributed by atoms with E-state index in [0.29, 0.717) is 11.1 Å². The van der Waals surface area contributed by atoms with Crippen molar-refractivity contribution >= 4 is 5.97 Å². The average Bonchev–Trinajstić information content (AvgIpc) is 2.89. The van der Waals surface area contributed by atoms with E-state index in [0.717, 1.165) is 0 Å². The molecule has 0 atom stereocenters. The first-order valence-corrected chi connectivity index (χ1v) is 5.68. The zero-order chi connectivity index (χ0) is 13.8. The second-order valence-corrected chi connectivity index (χ2v) is 3.75. The number of hydrogen-bond donors (Lipinski definition) is 3. The summed E-state index contributed by atoms with van der Waals surface area (Å²) < 4.78 is 4.85. The molecular weight excluding hydrogens is 250 g/mol. The number of carbonyl (C=O) groups is 1. The van der Waals surface area contributed by atoms with Crippen LogP contribution in [0.5, 0.6) is 5.75 Å². The Bertz CT molecular complexity index is 594. The highest BCUT2D eigenvalue weighted by atomic mass is 16.5. The van der Waals surface area contributed by atoms with Gasteiger partial charge in [-0.05, 0) is 24.6 Å². The van der Waals surface area contributed by atoms with E-state index in [-0.39, 0.29) is 30.4 Å². The van der Waals surface area contributed by atoms with Crippen LogP contribution in [0.4, 0.5) is 0 Å². The van der Waals surface area contributed by atoms with Gasteiger partial charge in [-0.25, -0.2) is 4.79 Å². The largest absolute Gasteiger partial charge is 0.507 e. The van der Waals surface area contributed by atoms with Crippen LogP contribution in [0.15, 0.2) is 18.2 Å². The zero-order valence-electron chi connectivity index (χ0n) is 10.3. The summed E-state index contributed by atoms with van der Waals surface area (Å²) in [7, 11) is 0. The van der Waals surface area contributed by atoms with E-state index in [2.05, 4.69) is 15.4 Å². The molecule has 0 bridgehead atoms. The molecule has 0 amide bonds. The van der Waals surface area contributed by atoms with Crippen LogP contribution in [0.1, 0.15) is 23.0 Å². The molecule has 0 aliphatic carbocycles. The number of rotatable bonds is 4. The standard InChI is InChI=1S/C12H13N3O4/c1-2-19-12(18)11-10(13-15-14-11)8-5-7(6-16)3-4-9(8)17/h3-5,16-17H,2,6H2,1H3,(H,13,14,15). The zero-order valence-corrected chi connectivity index (χ0v) is 10.3. The first-order valence-electron chi connectivity index (χ1n) is 5.68. The molecule has 0 fully saturated rings. The molecule has 7 nitrogen and oxygen atoms in total. The van der Waals surface area contributed by atoms with Gasteiger partial charge in [0.2, 0.25) is 0 Å². The Morgan fingerprint density at radius 2 is 2.21 bits per heavy atom. The summed E-state index contributed by atoms with van der Waals surface area (Å²) in [6.45, 7) is 1.72. The molecule has 1 heterocycles. The minimum Gasteiger partial charge on any atom is -0.507 e. The minimum atomic E-state index is -0.625. The van der Waals surface area contributed by atoms with Crippen LogP contribution in [0.3, 0.4) is 0 Å². The van der Waals surface area contributed by atoms with Gasteiger partial charge in [-0.15, -0.1) is 5.10 Å². The van der Waals surface area contributed by atoms with Gasteiger partial charge in [0, 0.05) is 5.56 Å². The first kappa shape index (κ1) is 13.0. The molecule has 0 aliphatic rings. The van der Waals surface area contributed by atoms with Crippen LogP contribution in [0.25, 0.3) is 11.3 Å². The monoisotopic (exact) mass is 263 g/mol. The number of hydrogen-bond acceptors (Lipinski definition) is 6. The Kier molecular flexibility index (Phi) is 3.76. The number of aromatic amines is 1. The minimum absolute atomic E-state index is 0.00719. The molecule has 0 saturated heterocycles. The Morgan fingerprint density at radius 3 is 2.89 bits per heavy atom. The number of ether oxygens (including phenoxy) is 1. The summed E-state index contributed by atoms with van der Waals surface area (Å²) in [5.41, 5.74) is 1.08. The van der Waals surface area contributed by atoms with Gasteiger partial charge in [0.05, 0.1) is 13.2 Å². The molecule has 100 valence electrons. The van der Waals surface area contributed by atoms with Crippen molar-refractivity contribution in [1.29, 1.82) is 0 Å². The predicted molar refractivity (Wildman–Crippen MR) is 65.4 cm³/mol. The molecule has 0 saturated carbocycles. The Balaban J connectivity index is 2.48. The number of benzene rings is 1. The lowest BCUT2D eigenvalue weighted by Gasteiger charge is -2.05. The third-order valence-electron chi connectivity index (χ3n) is 2.52. The van der Waals surface area contributed by atoms with E-state index in [1.807, 2.05) is 0 Å². The van der Waals surface area contributed by atoms with Gasteiger partial charge in [0.1, 0.15) is 11.4 Å². The number of H-pyrrole nitrogens is 1. The van der Waals surface area contributed by atoms with E-state index in [4.69, 9.17) is 9.84 Å². The van der Waals surface area contributed by atoms with Crippen LogP contribution in [0.2, 0.25) is 0 Å². The molecule has 2 aromatic rings. The highest BCUT2D eigenvalue weighted by molar-refractivity contribution is 5.94. The summed E-state index contributed by atoms with van der Waals surface area (Å²) in [6, 6.07) is 4.53. The third kappa shape index (κ3) is 2.55. The van der Waals surface area contributed by atoms with Crippen molar-refractivity contribution in [1.82, 2.24) is 15.4 Å². The summed E-state index contributed by atoms with van der Waals surface area (Å²) >= 11 is 0. The van der Waals surface area contributed by atoms with Crippen LogP contribution in [-0.2, 0) is 11.3 Å². The van der Waals surface area contributed by atoms with Gasteiger partial charge in [-0.3, -0.25) is 0 Å². The number of aromatic nitrogens is 3. The Morgan fingerprint density at radius 1 is 1.42 bits per heavy atom. The lowest BCUT2D eigenvalue weighted by atomic mass is 10.1. The van der Waals surface area contributed by atoms with Gasteiger partial charge in [-0.1, -0.05) is 6.07 Å². The van der Waals surface area contributed by atoms with Crippen molar-refractivity contribution in [3.63, 3.8) is 0 Å². The van der Waals surface area contributed by atoms with Gasteiger partial charge in [0.15, 0.2) is 5.69 Å². The maximum atomic E-state index is 11.7. The van der Waals surface area contributed by atoms with E-state index in [1.54, 1.807) is 13.0 Å². The molecule has 0 radical (unpaired) electrons. The van der Waals surface area contributed by atoms with Crippen LogP contribution < -0.4 is 0 Å². The summed E-state index contributed by atoms with van der Waals surface area (Å²) in [5.74, 6) is -0.684. The second-order valence-electron chi connectivity index (χ2n) is 3.75. The molecule has 0 spiro atoms. The number of carbonyl (C=O) groups excluding carboxylic acids is 1. The summed E-state index contributed by atoms with van der Waals surface area (Å²) in [6.07, 6.45) is 0. The van der Waals surface area contributed by atoms with Gasteiger partial charge in [0.25, 0.3) is 0 Å². The number of phenols is 1. The Hall–Kier alpha value is -2.41. The number of nitrogens with zero attached hydrogens (tertiary/aromatic N) is 2. The van der Waals surface area contributed by atoms with Crippen LogP contribution in [-0.4, -0.2) is 38.2 Å². The molecule has 1 aromatic heterocycles. The number of esters is 1. The fourth-order valence-electron chi connectivity index (χ4n) is 1.63. The lowest BCUT2D eigenvalue weighted by molar-refractivity contribution is 0.0520. The highest BCUT2D eigenvalue weighted by Gasteiger charge is 2.21. The number of phenolic OH excluding ortho intramolecular Hbond substituents is 1. The quantitative estimate of drug-likeness (QED) is 0.705. The molecule has 0 unspecified atom stereocenters. The SMILES string of the molecule is CCOC(=O)c1n[nH]nc1-c1cc(CO)ccc1O. The smallest absolute Gasteiger partial charge is 0.361 e. The topological polar surface area (TPSA) is 108 Å². The first-order chi connectivity index (χ1) is 9.17. The van der Waals surface area contributed by atoms with Crippen molar-refractivity contribution < 1.29 is 19.7 Å². The van der Waals surface area contributed by atoms with Gasteiger partial charge < -0.3 is 14.9 Å². The number of aliphatic hydroxyl groups excluding tert-OH is 1. The fourth-order valence-corrected chi connectivity index (χ4v) is 1.63. The fraction of sp³-hybridized carbons (Fsp3) is 0.250. The van der Waals surface area contributed by atoms with Crippen molar-refractivity contribution in [3.8, 4) is 17.0 Å². The number of aromatic hydroxyl groups is 1. The molecule has 2 rings (SSSR count). The van der Waals surface area contributed by atoms with E-state index >= 15 is 0 Å². The predicted octanol–water partition coefficient (Wildman–Crippen LogP) is 0.846. The van der Waals surface area contributed by atoms with E-state index in [1.165, 1.54) is 12.1 Å². The summed E-state index contributed by atoms with van der Waals surface area (Å²) in [5, 5.41) is 28.8. The molecule has 1 aromatic carbocycles. The van der Waals surface area contributed by atoms with E-state index < -0.39 is 5.97 Å². The normalized spacial score (nSPS) is 10.4. The molecule has 3 N–H and O–H groups in total. The second kappa shape index (κ2) is 5.49. The maximum Gasteiger partial charge on any atom is 0.361 e. The molecule has 0 aliphatic heterocycles. The maximum absolute atomic E-state index is 11.7. The number of nitrogens with one attached hydrogen (secondary N) is 1. The molecule has 7 heteroatoms. The van der Waals surface area contributed by atoms with Crippen LogP contribution in [0, 0.1) is 0 Å². The Labute approximate surface area is 108 Å². The lowest BCUT2D eigenvalue weighted by Crippen LogP contribution is -2.06.